The summed E-state index contributed by atoms with van der Waals surface area (Å²) in [6, 6.07) is 5.91. The molecule has 3 heterocycles. The normalized spacial score (nSPS) is 16.0. The van der Waals surface area contributed by atoms with E-state index in [0.29, 0.717) is 5.82 Å². The number of aromatic nitrogens is 3. The van der Waals surface area contributed by atoms with E-state index < -0.39 is 11.5 Å². The molecule has 5 nitrogen and oxygen atoms in total. The first-order valence-corrected chi connectivity index (χ1v) is 10.8. The van der Waals surface area contributed by atoms with Gasteiger partial charge in [0, 0.05) is 27.8 Å². The second kappa shape index (κ2) is 7.23. The minimum absolute atomic E-state index is 0.111. The Balaban J connectivity index is 1.98. The Morgan fingerprint density at radius 3 is 2.43 bits per heavy atom. The zero-order valence-electron chi connectivity index (χ0n) is 18.1. The van der Waals surface area contributed by atoms with Gasteiger partial charge in [0.1, 0.15) is 28.5 Å². The number of rotatable bonds is 3. The number of Topliss-reactive ketones (excluding diaryl/α,β-unsaturated/α-hetero) is 1. The summed E-state index contributed by atoms with van der Waals surface area (Å²) in [5.41, 5.74) is 3.24. The number of hydrogen-bond donors (Lipinski definition) is 0. The Labute approximate surface area is 179 Å². The molecular weight excluding hydrogens is 399 g/mol. The standard InChI is InChI=1S/C23H25FN4OS/c1-12-13(2)30-22-19(12)20(15-7-9-16(24)10-8-15)25-17(11-18(29)23(4,5)6)21-27-26-14(3)28(21)22/h7-10,17H,11H2,1-6H3/t17-/m0/s1. The molecule has 0 unspecified atom stereocenters. The smallest absolute Gasteiger partial charge is 0.163 e. The van der Waals surface area contributed by atoms with Gasteiger partial charge >= 0.3 is 0 Å². The summed E-state index contributed by atoms with van der Waals surface area (Å²) >= 11 is 1.66. The van der Waals surface area contributed by atoms with Crippen LogP contribution >= 0.6 is 11.3 Å². The molecule has 156 valence electrons. The lowest BCUT2D eigenvalue weighted by atomic mass is 9.87. The lowest BCUT2D eigenvalue weighted by Crippen LogP contribution is -2.23. The highest BCUT2D eigenvalue weighted by Crippen LogP contribution is 2.40. The summed E-state index contributed by atoms with van der Waals surface area (Å²) in [5, 5.41) is 9.71. The molecule has 2 aromatic heterocycles. The van der Waals surface area contributed by atoms with Gasteiger partial charge in [-0.05, 0) is 50.6 Å². The van der Waals surface area contributed by atoms with Crippen LogP contribution in [0.3, 0.4) is 0 Å². The topological polar surface area (TPSA) is 60.1 Å². The van der Waals surface area contributed by atoms with Crippen LogP contribution in [0.4, 0.5) is 4.39 Å². The number of hydrogen-bond acceptors (Lipinski definition) is 5. The summed E-state index contributed by atoms with van der Waals surface area (Å²) in [4.78, 5) is 19.1. The fourth-order valence-electron chi connectivity index (χ4n) is 3.61. The van der Waals surface area contributed by atoms with Crippen molar-refractivity contribution in [2.45, 2.75) is 54.0 Å². The molecule has 0 aliphatic carbocycles. The maximum absolute atomic E-state index is 13.6. The van der Waals surface area contributed by atoms with Crippen molar-refractivity contribution in [3.8, 4) is 5.00 Å². The molecule has 1 aliphatic rings. The highest BCUT2D eigenvalue weighted by atomic mass is 32.1. The largest absolute Gasteiger partial charge is 0.299 e. The van der Waals surface area contributed by atoms with Crippen molar-refractivity contribution >= 4 is 22.8 Å². The molecule has 0 radical (unpaired) electrons. The number of carbonyl (C=O) groups excluding carboxylic acids is 1. The van der Waals surface area contributed by atoms with Crippen molar-refractivity contribution in [3.63, 3.8) is 0 Å². The molecular formula is C23H25FN4OS. The fraction of sp³-hybridized carbons (Fsp3) is 0.391. The summed E-state index contributed by atoms with van der Waals surface area (Å²) in [7, 11) is 0. The van der Waals surface area contributed by atoms with Crippen molar-refractivity contribution in [2.75, 3.05) is 0 Å². The number of ketones is 1. The highest BCUT2D eigenvalue weighted by molar-refractivity contribution is 7.15. The van der Waals surface area contributed by atoms with E-state index in [1.165, 1.54) is 17.0 Å². The van der Waals surface area contributed by atoms with E-state index in [-0.39, 0.29) is 18.0 Å². The minimum Gasteiger partial charge on any atom is -0.299 e. The molecule has 0 fully saturated rings. The van der Waals surface area contributed by atoms with E-state index in [9.17, 15) is 9.18 Å². The van der Waals surface area contributed by atoms with Gasteiger partial charge in [-0.15, -0.1) is 21.5 Å². The van der Waals surface area contributed by atoms with Gasteiger partial charge in [0.25, 0.3) is 0 Å². The van der Waals surface area contributed by atoms with E-state index in [1.807, 2.05) is 32.3 Å². The molecule has 0 spiro atoms. The van der Waals surface area contributed by atoms with Gasteiger partial charge < -0.3 is 0 Å². The van der Waals surface area contributed by atoms with Crippen LogP contribution in [0, 0.1) is 32.0 Å². The van der Waals surface area contributed by atoms with Gasteiger partial charge in [-0.2, -0.15) is 0 Å². The molecule has 0 saturated carbocycles. The van der Waals surface area contributed by atoms with Crippen molar-refractivity contribution in [1.29, 1.82) is 0 Å². The first-order chi connectivity index (χ1) is 14.1. The lowest BCUT2D eigenvalue weighted by Gasteiger charge is -2.19. The van der Waals surface area contributed by atoms with E-state index in [4.69, 9.17) is 4.99 Å². The second-order valence-electron chi connectivity index (χ2n) is 8.78. The third-order valence-corrected chi connectivity index (χ3v) is 6.76. The number of carbonyl (C=O) groups is 1. The Hall–Kier alpha value is -2.67. The Morgan fingerprint density at radius 1 is 1.13 bits per heavy atom. The lowest BCUT2D eigenvalue weighted by molar-refractivity contribution is -0.126. The fourth-order valence-corrected chi connectivity index (χ4v) is 4.83. The zero-order chi connectivity index (χ0) is 21.8. The van der Waals surface area contributed by atoms with Gasteiger partial charge in [0.15, 0.2) is 5.82 Å². The molecule has 30 heavy (non-hydrogen) atoms. The average molecular weight is 425 g/mol. The molecule has 1 aromatic carbocycles. The predicted molar refractivity (Wildman–Crippen MR) is 117 cm³/mol. The number of thiophene rings is 1. The Morgan fingerprint density at radius 2 is 1.80 bits per heavy atom. The van der Waals surface area contributed by atoms with Crippen LogP contribution < -0.4 is 0 Å². The van der Waals surface area contributed by atoms with Crippen LogP contribution in [0.1, 0.15) is 66.5 Å². The monoisotopic (exact) mass is 424 g/mol. The maximum Gasteiger partial charge on any atom is 0.163 e. The zero-order valence-corrected chi connectivity index (χ0v) is 18.9. The quantitative estimate of drug-likeness (QED) is 0.574. The van der Waals surface area contributed by atoms with Gasteiger partial charge in [-0.3, -0.25) is 14.4 Å². The third-order valence-electron chi connectivity index (χ3n) is 5.57. The highest BCUT2D eigenvalue weighted by Gasteiger charge is 2.34. The molecule has 3 aromatic rings. The van der Waals surface area contributed by atoms with Gasteiger partial charge in [0.2, 0.25) is 0 Å². The first kappa shape index (κ1) is 20.6. The number of nitrogens with zero attached hydrogens (tertiary/aromatic N) is 4. The molecule has 0 bridgehead atoms. The van der Waals surface area contributed by atoms with Crippen LogP contribution in [0.25, 0.3) is 5.00 Å². The van der Waals surface area contributed by atoms with E-state index in [2.05, 4.69) is 24.0 Å². The molecule has 7 heteroatoms. The number of halogens is 1. The van der Waals surface area contributed by atoms with Crippen molar-refractivity contribution in [2.24, 2.45) is 10.4 Å². The average Bonchev–Trinajstić information content (AvgIpc) is 3.14. The van der Waals surface area contributed by atoms with E-state index in [0.717, 1.165) is 33.2 Å². The van der Waals surface area contributed by atoms with E-state index >= 15 is 0 Å². The molecule has 0 N–H and O–H groups in total. The number of fused-ring (bicyclic) bond motifs is 3. The summed E-state index contributed by atoms with van der Waals surface area (Å²) in [5.74, 6) is 1.25. The summed E-state index contributed by atoms with van der Waals surface area (Å²) < 4.78 is 15.6. The first-order valence-electron chi connectivity index (χ1n) is 9.97. The SMILES string of the molecule is Cc1sc2c(c1C)C(c1ccc(F)cc1)=N[C@@H](CC(=O)C(C)(C)C)c1nnc(C)n1-2. The van der Waals surface area contributed by atoms with Crippen molar-refractivity contribution in [1.82, 2.24) is 14.8 Å². The van der Waals surface area contributed by atoms with Crippen LogP contribution in [-0.2, 0) is 4.79 Å². The van der Waals surface area contributed by atoms with Crippen molar-refractivity contribution in [3.05, 3.63) is 63.3 Å². The van der Waals surface area contributed by atoms with Crippen LogP contribution in [0.15, 0.2) is 29.3 Å². The third kappa shape index (κ3) is 3.41. The minimum atomic E-state index is -0.477. The van der Waals surface area contributed by atoms with Gasteiger partial charge in [-0.1, -0.05) is 20.8 Å². The van der Waals surface area contributed by atoms with Gasteiger partial charge in [-0.25, -0.2) is 4.39 Å². The number of aryl methyl sites for hydroxylation is 2. The van der Waals surface area contributed by atoms with Crippen molar-refractivity contribution < 1.29 is 9.18 Å². The molecule has 0 saturated heterocycles. The Bertz CT molecular complexity index is 1170. The molecule has 0 amide bonds. The van der Waals surface area contributed by atoms with E-state index in [1.54, 1.807) is 23.5 Å². The number of aliphatic imine (C=N–C) groups is 1. The van der Waals surface area contributed by atoms with Gasteiger partial charge in [0.05, 0.1) is 5.71 Å². The molecule has 4 rings (SSSR count). The summed E-state index contributed by atoms with van der Waals surface area (Å²) in [6.07, 6.45) is 0.235. The maximum atomic E-state index is 13.6. The number of benzene rings is 1. The Kier molecular flexibility index (Phi) is 4.97. The molecule has 1 atom stereocenters. The van der Waals surface area contributed by atoms with Crippen LogP contribution in [0.2, 0.25) is 0 Å². The summed E-state index contributed by atoms with van der Waals surface area (Å²) in [6.45, 7) is 11.8. The predicted octanol–water partition coefficient (Wildman–Crippen LogP) is 5.29. The molecule has 1 aliphatic heterocycles. The van der Waals surface area contributed by atoms with Crippen LogP contribution in [0.5, 0.6) is 0 Å². The second-order valence-corrected chi connectivity index (χ2v) is 9.99. The van der Waals surface area contributed by atoms with Crippen LogP contribution in [-0.4, -0.2) is 26.3 Å².